The third-order valence-electron chi connectivity index (χ3n) is 4.29. The van der Waals surface area contributed by atoms with Crippen molar-refractivity contribution in [3.05, 3.63) is 107 Å². The lowest BCUT2D eigenvalue weighted by Crippen LogP contribution is -2.01. The summed E-state index contributed by atoms with van der Waals surface area (Å²) in [5.41, 5.74) is 2.78. The van der Waals surface area contributed by atoms with Crippen LogP contribution in [0.25, 0.3) is 0 Å². The van der Waals surface area contributed by atoms with Crippen LogP contribution in [0.1, 0.15) is 28.4 Å². The molecular weight excluding hydrogens is 321 g/mol. The first-order chi connectivity index (χ1) is 12.1. The van der Waals surface area contributed by atoms with Crippen LogP contribution in [0.3, 0.4) is 0 Å². The van der Waals surface area contributed by atoms with Crippen molar-refractivity contribution >= 4 is 0 Å². The second-order valence-corrected chi connectivity index (χ2v) is 6.13. The summed E-state index contributed by atoms with van der Waals surface area (Å²) in [6, 6.07) is 20.1. The van der Waals surface area contributed by atoms with E-state index in [2.05, 4.69) is 0 Å². The average Bonchev–Trinajstić information content (AvgIpc) is 2.64. The zero-order valence-electron chi connectivity index (χ0n) is 13.8. The lowest BCUT2D eigenvalue weighted by molar-refractivity contribution is 0.338. The van der Waals surface area contributed by atoms with E-state index in [1.54, 1.807) is 42.5 Å². The van der Waals surface area contributed by atoms with Crippen molar-refractivity contribution < 1.29 is 13.2 Å². The van der Waals surface area contributed by atoms with Crippen LogP contribution in [-0.4, -0.2) is 0 Å². The van der Waals surface area contributed by atoms with Crippen molar-refractivity contribution in [2.75, 3.05) is 0 Å². The molecule has 0 amide bonds. The molecule has 0 heterocycles. The number of hydrogen-bond donors (Lipinski definition) is 0. The lowest BCUT2D eigenvalue weighted by atomic mass is 9.99. The molecular formula is C22H19F3. The van der Waals surface area contributed by atoms with Gasteiger partial charge >= 0.3 is 0 Å². The van der Waals surface area contributed by atoms with Gasteiger partial charge in [-0.25, -0.2) is 13.2 Å². The predicted molar refractivity (Wildman–Crippen MR) is 94.2 cm³/mol. The van der Waals surface area contributed by atoms with Gasteiger partial charge < -0.3 is 0 Å². The van der Waals surface area contributed by atoms with E-state index in [-0.39, 0.29) is 18.1 Å². The molecule has 3 aromatic carbocycles. The van der Waals surface area contributed by atoms with Crippen LogP contribution in [0, 0.1) is 11.6 Å². The highest BCUT2D eigenvalue weighted by Crippen LogP contribution is 2.24. The maximum Gasteiger partial charge on any atom is 0.129 e. The first-order valence-electron chi connectivity index (χ1n) is 8.32. The number of hydrogen-bond acceptors (Lipinski definition) is 0. The van der Waals surface area contributed by atoms with Gasteiger partial charge in [-0.05, 0) is 53.3 Å². The summed E-state index contributed by atoms with van der Waals surface area (Å²) in [6.07, 6.45) is 0.157. The molecule has 3 heteroatoms. The molecule has 0 aliphatic carbocycles. The van der Waals surface area contributed by atoms with E-state index in [0.717, 1.165) is 11.1 Å². The first-order valence-corrected chi connectivity index (χ1v) is 8.32. The van der Waals surface area contributed by atoms with E-state index >= 15 is 0 Å². The third-order valence-corrected chi connectivity index (χ3v) is 4.29. The minimum absolute atomic E-state index is 0.0219. The van der Waals surface area contributed by atoms with Crippen molar-refractivity contribution in [2.24, 2.45) is 0 Å². The zero-order valence-corrected chi connectivity index (χ0v) is 13.8. The van der Waals surface area contributed by atoms with Crippen LogP contribution in [0.15, 0.2) is 72.8 Å². The normalized spacial score (nSPS) is 12.1. The molecule has 0 saturated heterocycles. The Kier molecular flexibility index (Phi) is 5.54. The highest BCUT2D eigenvalue weighted by molar-refractivity contribution is 5.28. The largest absolute Gasteiger partial charge is 0.242 e. The van der Waals surface area contributed by atoms with Gasteiger partial charge in [0.05, 0.1) is 0 Å². The Morgan fingerprint density at radius 2 is 1.36 bits per heavy atom. The Balaban J connectivity index is 1.63. The van der Waals surface area contributed by atoms with E-state index in [1.807, 2.05) is 12.1 Å². The van der Waals surface area contributed by atoms with Gasteiger partial charge in [0.15, 0.2) is 0 Å². The number of aryl methyl sites for hydroxylation is 2. The van der Waals surface area contributed by atoms with E-state index in [9.17, 15) is 13.2 Å². The molecule has 128 valence electrons. The molecule has 3 aromatic rings. The molecule has 25 heavy (non-hydrogen) atoms. The minimum atomic E-state index is -1.22. The minimum Gasteiger partial charge on any atom is -0.242 e. The maximum atomic E-state index is 14.3. The van der Waals surface area contributed by atoms with Crippen molar-refractivity contribution in [1.82, 2.24) is 0 Å². The summed E-state index contributed by atoms with van der Waals surface area (Å²) in [6.45, 7) is 0. The molecule has 0 aliphatic rings. The summed E-state index contributed by atoms with van der Waals surface area (Å²) < 4.78 is 41.5. The van der Waals surface area contributed by atoms with Gasteiger partial charge in [0, 0.05) is 6.42 Å². The molecule has 0 spiro atoms. The van der Waals surface area contributed by atoms with Crippen molar-refractivity contribution in [2.45, 2.75) is 25.4 Å². The highest BCUT2D eigenvalue weighted by Gasteiger charge is 2.13. The molecule has 0 nitrogen and oxygen atoms in total. The Labute approximate surface area is 146 Å². The second-order valence-electron chi connectivity index (χ2n) is 6.13. The predicted octanol–water partition coefficient (Wildman–Crippen LogP) is 6.00. The van der Waals surface area contributed by atoms with Crippen LogP contribution < -0.4 is 0 Å². The van der Waals surface area contributed by atoms with Gasteiger partial charge in [-0.1, -0.05) is 54.6 Å². The van der Waals surface area contributed by atoms with E-state index < -0.39 is 6.17 Å². The van der Waals surface area contributed by atoms with Crippen LogP contribution in [0.4, 0.5) is 13.2 Å². The van der Waals surface area contributed by atoms with Crippen molar-refractivity contribution in [1.29, 1.82) is 0 Å². The molecule has 0 saturated carbocycles. The SMILES string of the molecule is Fc1ccc(CCc2ccc(C[C@@H](F)c3ccccc3)c(F)c2)cc1. The van der Waals surface area contributed by atoms with Crippen molar-refractivity contribution in [3.63, 3.8) is 0 Å². The quantitative estimate of drug-likeness (QED) is 0.516. The summed E-state index contributed by atoms with van der Waals surface area (Å²) in [7, 11) is 0. The summed E-state index contributed by atoms with van der Waals surface area (Å²) >= 11 is 0. The fourth-order valence-electron chi connectivity index (χ4n) is 2.82. The van der Waals surface area contributed by atoms with E-state index in [0.29, 0.717) is 24.0 Å². The maximum absolute atomic E-state index is 14.3. The van der Waals surface area contributed by atoms with Gasteiger partial charge in [0.25, 0.3) is 0 Å². The molecule has 3 rings (SSSR count). The van der Waals surface area contributed by atoms with Crippen molar-refractivity contribution in [3.8, 4) is 0 Å². The van der Waals surface area contributed by atoms with Crippen LogP contribution in [0.5, 0.6) is 0 Å². The molecule has 0 aromatic heterocycles. The van der Waals surface area contributed by atoms with Crippen LogP contribution in [0.2, 0.25) is 0 Å². The van der Waals surface area contributed by atoms with Crippen LogP contribution in [-0.2, 0) is 19.3 Å². The fourth-order valence-corrected chi connectivity index (χ4v) is 2.82. The highest BCUT2D eigenvalue weighted by atomic mass is 19.1. The second kappa shape index (κ2) is 8.02. The van der Waals surface area contributed by atoms with E-state index in [1.165, 1.54) is 18.2 Å². The molecule has 1 atom stereocenters. The van der Waals surface area contributed by atoms with Gasteiger partial charge in [0.2, 0.25) is 0 Å². The number of halogens is 3. The van der Waals surface area contributed by atoms with Crippen LogP contribution >= 0.6 is 0 Å². The smallest absolute Gasteiger partial charge is 0.129 e. The topological polar surface area (TPSA) is 0 Å². The first kappa shape index (κ1) is 17.3. The Bertz CT molecular complexity index is 810. The zero-order chi connectivity index (χ0) is 17.6. The molecule has 0 N–H and O–H groups in total. The number of rotatable bonds is 6. The Morgan fingerprint density at radius 1 is 0.720 bits per heavy atom. The monoisotopic (exact) mass is 340 g/mol. The standard InChI is InChI=1S/C22H19F3/c23-20-12-9-16(10-13-20)6-7-17-8-11-19(21(24)14-17)15-22(25)18-4-2-1-3-5-18/h1-5,8-14,22H,6-7,15H2/t22-/m1/s1. The summed E-state index contributed by atoms with van der Waals surface area (Å²) in [5.74, 6) is -0.645. The summed E-state index contributed by atoms with van der Waals surface area (Å²) in [4.78, 5) is 0. The molecule has 0 radical (unpaired) electrons. The molecule has 0 fully saturated rings. The van der Waals surface area contributed by atoms with E-state index in [4.69, 9.17) is 0 Å². The third kappa shape index (κ3) is 4.72. The fraction of sp³-hybridized carbons (Fsp3) is 0.182. The molecule has 0 aliphatic heterocycles. The number of benzene rings is 3. The van der Waals surface area contributed by atoms with Gasteiger partial charge in [-0.3, -0.25) is 0 Å². The van der Waals surface area contributed by atoms with Gasteiger partial charge in [-0.15, -0.1) is 0 Å². The molecule has 0 unspecified atom stereocenters. The average molecular weight is 340 g/mol. The molecule has 0 bridgehead atoms. The Hall–Kier alpha value is -2.55. The number of alkyl halides is 1. The summed E-state index contributed by atoms with van der Waals surface area (Å²) in [5, 5.41) is 0. The van der Waals surface area contributed by atoms with Gasteiger partial charge in [0.1, 0.15) is 17.8 Å². The lowest BCUT2D eigenvalue weighted by Gasteiger charge is -2.11. The Morgan fingerprint density at radius 3 is 2.04 bits per heavy atom. The van der Waals surface area contributed by atoms with Gasteiger partial charge in [-0.2, -0.15) is 0 Å².